The molecule has 0 aliphatic carbocycles. The maximum Gasteiger partial charge on any atom is 0.390 e. The second-order valence-electron chi connectivity index (χ2n) is 2.98. The van der Waals surface area contributed by atoms with Crippen molar-refractivity contribution in [1.82, 2.24) is 4.98 Å². The van der Waals surface area contributed by atoms with E-state index in [1.54, 1.807) is 25.4 Å². The number of anilines is 1. The monoisotopic (exact) mass is 204 g/mol. The summed E-state index contributed by atoms with van der Waals surface area (Å²) >= 11 is 0. The molecule has 0 fully saturated rings. The van der Waals surface area contributed by atoms with Crippen molar-refractivity contribution < 1.29 is 13.2 Å². The molecule has 0 spiro atoms. The van der Waals surface area contributed by atoms with Crippen LogP contribution in [0.25, 0.3) is 0 Å². The zero-order valence-corrected chi connectivity index (χ0v) is 7.73. The van der Waals surface area contributed by atoms with E-state index in [9.17, 15) is 13.2 Å². The minimum atomic E-state index is -4.10. The Kier molecular flexibility index (Phi) is 3.33. The van der Waals surface area contributed by atoms with Crippen LogP contribution < -0.4 is 5.32 Å². The molecular formula is C9H11F3N2. The van der Waals surface area contributed by atoms with Gasteiger partial charge < -0.3 is 5.32 Å². The smallest absolute Gasteiger partial charge is 0.384 e. The van der Waals surface area contributed by atoms with Gasteiger partial charge in [-0.05, 0) is 18.6 Å². The first-order valence-corrected chi connectivity index (χ1v) is 4.20. The summed E-state index contributed by atoms with van der Waals surface area (Å²) in [6.45, 7) is 1.69. The number of nitrogens with one attached hydrogen (secondary N) is 1. The van der Waals surface area contributed by atoms with Gasteiger partial charge in [-0.1, -0.05) is 0 Å². The number of alkyl halides is 3. The van der Waals surface area contributed by atoms with E-state index < -0.39 is 12.6 Å². The average molecular weight is 204 g/mol. The van der Waals surface area contributed by atoms with Crippen LogP contribution >= 0.6 is 0 Å². The fourth-order valence-electron chi connectivity index (χ4n) is 1.01. The maximum absolute atomic E-state index is 11.8. The molecule has 0 aliphatic rings. The lowest BCUT2D eigenvalue weighted by Gasteiger charge is -2.10. The van der Waals surface area contributed by atoms with Gasteiger partial charge in [0.15, 0.2) is 0 Å². The van der Waals surface area contributed by atoms with E-state index in [1.807, 2.05) is 0 Å². The number of aromatic nitrogens is 1. The van der Waals surface area contributed by atoms with Gasteiger partial charge in [-0.15, -0.1) is 0 Å². The average Bonchev–Trinajstić information content (AvgIpc) is 2.06. The predicted octanol–water partition coefficient (Wildman–Crippen LogP) is 2.75. The van der Waals surface area contributed by atoms with E-state index in [1.165, 1.54) is 0 Å². The second-order valence-corrected chi connectivity index (χ2v) is 2.98. The van der Waals surface area contributed by atoms with E-state index in [-0.39, 0.29) is 6.54 Å². The van der Waals surface area contributed by atoms with Gasteiger partial charge in [-0.25, -0.2) is 0 Å². The van der Waals surface area contributed by atoms with Gasteiger partial charge in [-0.3, -0.25) is 4.98 Å². The zero-order chi connectivity index (χ0) is 10.6. The van der Waals surface area contributed by atoms with Crippen molar-refractivity contribution in [2.45, 2.75) is 19.5 Å². The number of halogens is 3. The molecule has 0 aromatic carbocycles. The van der Waals surface area contributed by atoms with Gasteiger partial charge in [0.25, 0.3) is 0 Å². The number of pyridine rings is 1. The van der Waals surface area contributed by atoms with Crippen LogP contribution in [-0.4, -0.2) is 17.7 Å². The van der Waals surface area contributed by atoms with Crippen LogP contribution in [0.2, 0.25) is 0 Å². The fourth-order valence-corrected chi connectivity index (χ4v) is 1.01. The normalized spacial score (nSPS) is 11.4. The van der Waals surface area contributed by atoms with Crippen molar-refractivity contribution in [1.29, 1.82) is 0 Å². The van der Waals surface area contributed by atoms with Crippen LogP contribution in [0, 0.1) is 6.92 Å². The Morgan fingerprint density at radius 3 is 2.71 bits per heavy atom. The molecule has 1 aromatic heterocycles. The third-order valence-electron chi connectivity index (χ3n) is 1.74. The summed E-state index contributed by atoms with van der Waals surface area (Å²) in [6.07, 6.45) is -1.78. The minimum Gasteiger partial charge on any atom is -0.384 e. The van der Waals surface area contributed by atoms with Crippen molar-refractivity contribution in [2.24, 2.45) is 0 Å². The first-order chi connectivity index (χ1) is 6.49. The number of nitrogens with zero attached hydrogens (tertiary/aromatic N) is 1. The molecule has 1 N–H and O–H groups in total. The van der Waals surface area contributed by atoms with Crippen LogP contribution in [0.4, 0.5) is 18.9 Å². The van der Waals surface area contributed by atoms with Crippen LogP contribution in [0.3, 0.4) is 0 Å². The number of hydrogen-bond acceptors (Lipinski definition) is 2. The summed E-state index contributed by atoms with van der Waals surface area (Å²) in [5.74, 6) is 0. The highest BCUT2D eigenvalue weighted by atomic mass is 19.4. The van der Waals surface area contributed by atoms with Crippen molar-refractivity contribution >= 4 is 5.69 Å². The summed E-state index contributed by atoms with van der Waals surface area (Å²) in [5, 5.41) is 2.71. The van der Waals surface area contributed by atoms with Crippen molar-refractivity contribution in [3.63, 3.8) is 0 Å². The SMILES string of the molecule is Cc1cnccc1NCCC(F)(F)F. The highest BCUT2D eigenvalue weighted by Gasteiger charge is 2.26. The van der Waals surface area contributed by atoms with Crippen LogP contribution in [-0.2, 0) is 0 Å². The van der Waals surface area contributed by atoms with Crippen molar-refractivity contribution in [3.8, 4) is 0 Å². The summed E-state index contributed by atoms with van der Waals surface area (Å²) in [7, 11) is 0. The fraction of sp³-hybridized carbons (Fsp3) is 0.444. The summed E-state index contributed by atoms with van der Waals surface area (Å²) in [4.78, 5) is 3.84. The first-order valence-electron chi connectivity index (χ1n) is 4.20. The standard InChI is InChI=1S/C9H11F3N2/c1-7-6-13-4-2-8(7)14-5-3-9(10,11)12/h2,4,6H,3,5H2,1H3,(H,13,14). The molecule has 14 heavy (non-hydrogen) atoms. The van der Waals surface area contributed by atoms with Gasteiger partial charge in [-0.2, -0.15) is 13.2 Å². The second kappa shape index (κ2) is 4.30. The maximum atomic E-state index is 11.8. The summed E-state index contributed by atoms with van der Waals surface area (Å²) in [6, 6.07) is 1.66. The van der Waals surface area contributed by atoms with Gasteiger partial charge in [0.05, 0.1) is 6.42 Å². The molecule has 78 valence electrons. The Labute approximate surface area is 80.2 Å². The van der Waals surface area contributed by atoms with Gasteiger partial charge in [0.2, 0.25) is 0 Å². The molecule has 0 amide bonds. The molecule has 0 bridgehead atoms. The number of hydrogen-bond donors (Lipinski definition) is 1. The Bertz CT molecular complexity index is 296. The Morgan fingerprint density at radius 1 is 1.43 bits per heavy atom. The van der Waals surface area contributed by atoms with E-state index >= 15 is 0 Å². The molecule has 5 heteroatoms. The molecule has 1 aromatic rings. The molecule has 0 aliphatic heterocycles. The van der Waals surface area contributed by atoms with E-state index in [0.29, 0.717) is 5.69 Å². The molecule has 0 unspecified atom stereocenters. The molecule has 0 saturated heterocycles. The highest BCUT2D eigenvalue weighted by molar-refractivity contribution is 5.48. The summed E-state index contributed by atoms with van der Waals surface area (Å²) < 4.78 is 35.4. The lowest BCUT2D eigenvalue weighted by molar-refractivity contribution is -0.131. The number of rotatable bonds is 3. The third-order valence-corrected chi connectivity index (χ3v) is 1.74. The molecular weight excluding hydrogens is 193 g/mol. The van der Waals surface area contributed by atoms with Crippen molar-refractivity contribution in [3.05, 3.63) is 24.0 Å². The van der Waals surface area contributed by atoms with E-state index in [4.69, 9.17) is 0 Å². The minimum absolute atomic E-state index is 0.103. The molecule has 1 heterocycles. The Balaban J connectivity index is 2.43. The topological polar surface area (TPSA) is 24.9 Å². The molecule has 0 atom stereocenters. The quantitative estimate of drug-likeness (QED) is 0.818. The molecule has 0 saturated carbocycles. The Hall–Kier alpha value is -1.26. The van der Waals surface area contributed by atoms with E-state index in [0.717, 1.165) is 5.56 Å². The molecule has 2 nitrogen and oxygen atoms in total. The van der Waals surface area contributed by atoms with Gasteiger partial charge >= 0.3 is 6.18 Å². The largest absolute Gasteiger partial charge is 0.390 e. The summed E-state index contributed by atoms with van der Waals surface area (Å²) in [5.41, 5.74) is 1.54. The number of aryl methyl sites for hydroxylation is 1. The van der Waals surface area contributed by atoms with Crippen LogP contribution in [0.5, 0.6) is 0 Å². The lowest BCUT2D eigenvalue weighted by atomic mass is 10.2. The third kappa shape index (κ3) is 3.64. The highest BCUT2D eigenvalue weighted by Crippen LogP contribution is 2.20. The molecule has 1 rings (SSSR count). The zero-order valence-electron chi connectivity index (χ0n) is 7.73. The lowest BCUT2D eigenvalue weighted by Crippen LogP contribution is -2.14. The first kappa shape index (κ1) is 10.8. The predicted molar refractivity (Wildman–Crippen MR) is 48.1 cm³/mol. The van der Waals surface area contributed by atoms with Gasteiger partial charge in [0, 0.05) is 24.6 Å². The van der Waals surface area contributed by atoms with Crippen LogP contribution in [0.15, 0.2) is 18.5 Å². The van der Waals surface area contributed by atoms with E-state index in [2.05, 4.69) is 10.3 Å². The Morgan fingerprint density at radius 2 is 2.14 bits per heavy atom. The van der Waals surface area contributed by atoms with Crippen LogP contribution in [0.1, 0.15) is 12.0 Å². The van der Waals surface area contributed by atoms with Gasteiger partial charge in [0.1, 0.15) is 0 Å². The molecule has 0 radical (unpaired) electrons. The van der Waals surface area contributed by atoms with Crippen molar-refractivity contribution in [2.75, 3.05) is 11.9 Å².